The Morgan fingerprint density at radius 3 is 2.04 bits per heavy atom. The monoisotopic (exact) mass is 649 g/mol. The summed E-state index contributed by atoms with van der Waals surface area (Å²) in [6.45, 7) is 6.41. The van der Waals surface area contributed by atoms with Gasteiger partial charge in [-0.25, -0.2) is 0 Å². The number of ketones is 1. The van der Waals surface area contributed by atoms with Crippen LogP contribution < -0.4 is 10.0 Å². The lowest BCUT2D eigenvalue weighted by Gasteiger charge is -2.27. The fourth-order valence-electron chi connectivity index (χ4n) is 4.56. The smallest absolute Gasteiger partial charge is 0.465 e. The Kier molecular flexibility index (Phi) is 12.5. The number of rotatable bonds is 15. The molecule has 0 saturated heterocycles. The molecule has 9 nitrogen and oxygen atoms in total. The number of nitrogens with zero attached hydrogens (tertiary/aromatic N) is 1. The lowest BCUT2D eigenvalue weighted by Crippen LogP contribution is -2.37. The lowest BCUT2D eigenvalue weighted by atomic mass is 9.97. The van der Waals surface area contributed by atoms with Crippen molar-refractivity contribution >= 4 is 30.6 Å². The Balaban J connectivity index is 2.01. The molecule has 0 aliphatic rings. The molecule has 3 aromatic carbocycles. The summed E-state index contributed by atoms with van der Waals surface area (Å²) in [5, 5.41) is -0.0488. The zero-order chi connectivity index (χ0) is 33.2. The summed E-state index contributed by atoms with van der Waals surface area (Å²) in [5.74, 6) is -2.76. The molecule has 1 amide bonds. The number of likely N-dealkylation sites (N-methyl/N-ethyl adjacent to an activating group) is 1. The summed E-state index contributed by atoms with van der Waals surface area (Å²) in [4.78, 5) is 40.4. The van der Waals surface area contributed by atoms with Crippen molar-refractivity contribution in [3.8, 4) is 5.75 Å². The Morgan fingerprint density at radius 1 is 0.889 bits per heavy atom. The third-order valence-corrected chi connectivity index (χ3v) is 8.73. The summed E-state index contributed by atoms with van der Waals surface area (Å²) < 4.78 is 72.0. The van der Waals surface area contributed by atoms with E-state index in [4.69, 9.17) is 13.8 Å². The number of benzene rings is 3. The number of halogens is 3. The first-order valence-electron chi connectivity index (χ1n) is 14.2. The Hall–Kier alpha value is -3.99. The van der Waals surface area contributed by atoms with Crippen LogP contribution in [0, 0.1) is 0 Å². The van der Waals surface area contributed by atoms with Gasteiger partial charge >= 0.3 is 19.9 Å². The van der Waals surface area contributed by atoms with Crippen LogP contribution in [0.4, 0.5) is 13.2 Å². The zero-order valence-electron chi connectivity index (χ0n) is 25.3. The Bertz CT molecular complexity index is 1500. The molecule has 0 aliphatic carbocycles. The molecule has 1 atom stereocenters. The minimum Gasteiger partial charge on any atom is -0.465 e. The van der Waals surface area contributed by atoms with E-state index in [0.717, 1.165) is 24.3 Å². The van der Waals surface area contributed by atoms with Gasteiger partial charge in [-0.1, -0.05) is 36.4 Å². The third kappa shape index (κ3) is 9.75. The maximum absolute atomic E-state index is 14.0. The topological polar surface area (TPSA) is 108 Å². The van der Waals surface area contributed by atoms with Gasteiger partial charge in [0.2, 0.25) is 5.91 Å². The van der Waals surface area contributed by atoms with Gasteiger partial charge in [0, 0.05) is 31.1 Å². The van der Waals surface area contributed by atoms with Crippen molar-refractivity contribution in [2.45, 2.75) is 46.5 Å². The molecule has 0 fully saturated rings. The van der Waals surface area contributed by atoms with Crippen LogP contribution in [0.5, 0.6) is 5.75 Å². The molecule has 1 unspecified atom stereocenters. The van der Waals surface area contributed by atoms with Gasteiger partial charge < -0.3 is 23.4 Å². The predicted octanol–water partition coefficient (Wildman–Crippen LogP) is 6.40. The maximum Gasteiger partial charge on any atom is 0.573 e. The first kappa shape index (κ1) is 35.5. The standard InChI is InChI=1S/C32H35F3NO8P/c1-5-36(31(39)28(21-41-22(4)37)24-11-9-8-10-12-24)20-23-13-18-27(29(19-23)45(40,42-6-2)43-7-3)30(38)25-14-16-26(17-15-25)44-32(33,34)35/h8-19,28H,5-7,20-21H2,1-4H3. The van der Waals surface area contributed by atoms with Crippen LogP contribution in [0.2, 0.25) is 0 Å². The molecule has 3 aromatic rings. The molecule has 0 aliphatic heterocycles. The minimum absolute atomic E-state index is 0.00686. The number of amides is 1. The van der Waals surface area contributed by atoms with Gasteiger partial charge in [0.1, 0.15) is 12.4 Å². The fraction of sp³-hybridized carbons (Fsp3) is 0.344. The van der Waals surface area contributed by atoms with Gasteiger partial charge in [0.25, 0.3) is 0 Å². The number of alkyl halides is 3. The molecule has 0 heterocycles. The number of hydrogen-bond acceptors (Lipinski definition) is 8. The second kappa shape index (κ2) is 15.8. The Labute approximate surface area is 259 Å². The first-order chi connectivity index (χ1) is 21.3. The molecule has 242 valence electrons. The third-order valence-electron chi connectivity index (χ3n) is 6.57. The second-order valence-corrected chi connectivity index (χ2v) is 11.7. The molecule has 0 spiro atoms. The minimum atomic E-state index is -4.90. The second-order valence-electron chi connectivity index (χ2n) is 9.70. The van der Waals surface area contributed by atoms with E-state index in [1.807, 2.05) is 0 Å². The molecular formula is C32H35F3NO8P. The van der Waals surface area contributed by atoms with E-state index >= 15 is 0 Å². The maximum atomic E-state index is 14.0. The lowest BCUT2D eigenvalue weighted by molar-refractivity contribution is -0.274. The molecule has 45 heavy (non-hydrogen) atoms. The molecule has 13 heteroatoms. The molecule has 0 N–H and O–H groups in total. The average molecular weight is 650 g/mol. The number of carbonyl (C=O) groups excluding carboxylic acids is 3. The summed E-state index contributed by atoms with van der Waals surface area (Å²) in [7, 11) is -4.07. The van der Waals surface area contributed by atoms with Crippen molar-refractivity contribution in [3.63, 3.8) is 0 Å². The van der Waals surface area contributed by atoms with Crippen LogP contribution in [0.25, 0.3) is 0 Å². The van der Waals surface area contributed by atoms with Crippen LogP contribution >= 0.6 is 7.60 Å². The number of ether oxygens (including phenoxy) is 2. The average Bonchev–Trinajstić information content (AvgIpc) is 2.99. The molecular weight excluding hydrogens is 614 g/mol. The van der Waals surface area contributed by atoms with Crippen molar-refractivity contribution in [3.05, 3.63) is 95.1 Å². The number of hydrogen-bond donors (Lipinski definition) is 0. The summed E-state index contributed by atoms with van der Waals surface area (Å²) in [5.41, 5.74) is 1.14. The number of carbonyl (C=O) groups is 3. The van der Waals surface area contributed by atoms with Crippen molar-refractivity contribution in [1.29, 1.82) is 0 Å². The van der Waals surface area contributed by atoms with Gasteiger partial charge in [-0.2, -0.15) is 0 Å². The van der Waals surface area contributed by atoms with Gasteiger partial charge in [0.15, 0.2) is 5.78 Å². The van der Waals surface area contributed by atoms with Crippen LogP contribution in [0.3, 0.4) is 0 Å². The summed E-state index contributed by atoms with van der Waals surface area (Å²) in [6.07, 6.45) is -4.90. The summed E-state index contributed by atoms with van der Waals surface area (Å²) >= 11 is 0. The van der Waals surface area contributed by atoms with Crippen molar-refractivity contribution in [1.82, 2.24) is 4.90 Å². The van der Waals surface area contributed by atoms with Gasteiger partial charge in [-0.3, -0.25) is 18.9 Å². The van der Waals surface area contributed by atoms with Crippen LogP contribution in [-0.2, 0) is 34.5 Å². The van der Waals surface area contributed by atoms with Gasteiger partial charge in [-0.15, -0.1) is 13.2 Å². The summed E-state index contributed by atoms with van der Waals surface area (Å²) in [6, 6.07) is 17.7. The quantitative estimate of drug-likeness (QED) is 0.106. The van der Waals surface area contributed by atoms with Crippen LogP contribution in [0.1, 0.15) is 60.7 Å². The predicted molar refractivity (Wildman–Crippen MR) is 160 cm³/mol. The van der Waals surface area contributed by atoms with E-state index in [9.17, 15) is 32.1 Å². The molecule has 0 radical (unpaired) electrons. The highest BCUT2D eigenvalue weighted by Gasteiger charge is 2.34. The van der Waals surface area contributed by atoms with E-state index in [0.29, 0.717) is 11.1 Å². The number of esters is 1. The first-order valence-corrected chi connectivity index (χ1v) is 15.8. The van der Waals surface area contributed by atoms with E-state index in [1.165, 1.54) is 24.0 Å². The van der Waals surface area contributed by atoms with E-state index < -0.39 is 37.4 Å². The van der Waals surface area contributed by atoms with E-state index in [1.54, 1.807) is 57.2 Å². The van der Waals surface area contributed by atoms with Crippen molar-refractivity contribution in [2.75, 3.05) is 26.4 Å². The highest BCUT2D eigenvalue weighted by molar-refractivity contribution is 7.62. The zero-order valence-corrected chi connectivity index (χ0v) is 26.2. The molecule has 0 aromatic heterocycles. The largest absolute Gasteiger partial charge is 0.573 e. The van der Waals surface area contributed by atoms with E-state index in [-0.39, 0.29) is 55.2 Å². The molecule has 0 bridgehead atoms. The Morgan fingerprint density at radius 2 is 1.51 bits per heavy atom. The molecule has 0 saturated carbocycles. The van der Waals surface area contributed by atoms with Gasteiger partial charge in [-0.05, 0) is 68.3 Å². The van der Waals surface area contributed by atoms with Crippen LogP contribution in [0.15, 0.2) is 72.8 Å². The highest BCUT2D eigenvalue weighted by Crippen LogP contribution is 2.48. The van der Waals surface area contributed by atoms with Crippen molar-refractivity contribution in [2.24, 2.45) is 0 Å². The van der Waals surface area contributed by atoms with E-state index in [2.05, 4.69) is 4.74 Å². The van der Waals surface area contributed by atoms with Crippen LogP contribution in [-0.4, -0.2) is 55.3 Å². The fourth-order valence-corrected chi connectivity index (χ4v) is 6.38. The van der Waals surface area contributed by atoms with Gasteiger partial charge in [0.05, 0.1) is 24.4 Å². The molecule has 3 rings (SSSR count). The normalized spacial score (nSPS) is 12.3. The highest BCUT2D eigenvalue weighted by atomic mass is 31.2. The van der Waals surface area contributed by atoms with Crippen molar-refractivity contribution < 1.29 is 50.6 Å². The SMILES string of the molecule is CCOP(=O)(OCC)c1cc(CN(CC)C(=O)C(COC(C)=O)c2ccccc2)ccc1C(=O)c1ccc(OC(F)(F)F)cc1.